The third-order valence-corrected chi connectivity index (χ3v) is 3.39. The van der Waals surface area contributed by atoms with Crippen LogP contribution in [0.25, 0.3) is 0 Å². The normalized spacial score (nSPS) is 21.6. The molecule has 0 saturated heterocycles. The number of allylic oxidation sites excluding steroid dienone is 3. The van der Waals surface area contributed by atoms with E-state index in [9.17, 15) is 19.2 Å². The molecule has 0 fully saturated rings. The highest BCUT2D eigenvalue weighted by molar-refractivity contribution is 6.20. The summed E-state index contributed by atoms with van der Waals surface area (Å²) in [5.41, 5.74) is 2.39. The van der Waals surface area contributed by atoms with Crippen LogP contribution in [-0.2, 0) is 19.2 Å². The van der Waals surface area contributed by atoms with Crippen LogP contribution in [0.3, 0.4) is 0 Å². The lowest BCUT2D eigenvalue weighted by atomic mass is 9.86. The summed E-state index contributed by atoms with van der Waals surface area (Å²) in [5, 5.41) is 4.35. The summed E-state index contributed by atoms with van der Waals surface area (Å²) < 4.78 is 0. The summed E-state index contributed by atoms with van der Waals surface area (Å²) in [6.45, 7) is 3.88. The Bertz CT molecular complexity index is 763. The van der Waals surface area contributed by atoms with Gasteiger partial charge in [-0.3, -0.25) is 29.8 Å². The van der Waals surface area contributed by atoms with Crippen LogP contribution in [-0.4, -0.2) is 23.6 Å². The lowest BCUT2D eigenvalue weighted by Gasteiger charge is -2.17. The summed E-state index contributed by atoms with van der Waals surface area (Å²) in [6, 6.07) is 0. The number of hydrogen-bond donors (Lipinski definition) is 2. The third kappa shape index (κ3) is 2.16. The maximum absolute atomic E-state index is 11.6. The van der Waals surface area contributed by atoms with E-state index >= 15 is 0 Å². The predicted octanol–water partition coefficient (Wildman–Crippen LogP) is -0.0353. The number of amides is 4. The summed E-state index contributed by atoms with van der Waals surface area (Å²) in [7, 11) is 0. The second-order valence-electron chi connectivity index (χ2n) is 4.81. The number of nitrogens with one attached hydrogen (secondary N) is 2. The van der Waals surface area contributed by atoms with Crippen LogP contribution in [0.1, 0.15) is 6.42 Å². The Kier molecular flexibility index (Phi) is 2.79. The van der Waals surface area contributed by atoms with Crippen molar-refractivity contribution in [3.63, 3.8) is 0 Å². The first-order chi connectivity index (χ1) is 9.95. The molecule has 0 unspecified atom stereocenters. The highest BCUT2D eigenvalue weighted by atomic mass is 16.2. The van der Waals surface area contributed by atoms with Crippen molar-refractivity contribution in [2.45, 2.75) is 6.42 Å². The molecule has 1 aliphatic carbocycles. The fourth-order valence-electron chi connectivity index (χ4n) is 2.41. The van der Waals surface area contributed by atoms with Gasteiger partial charge in [0, 0.05) is 17.7 Å². The monoisotopic (exact) mass is 282 g/mol. The van der Waals surface area contributed by atoms with Gasteiger partial charge in [-0.25, -0.2) is 0 Å². The van der Waals surface area contributed by atoms with E-state index in [4.69, 9.17) is 0 Å². The van der Waals surface area contributed by atoms with E-state index in [-0.39, 0.29) is 5.57 Å². The van der Waals surface area contributed by atoms with E-state index in [1.165, 1.54) is 12.2 Å². The molecule has 0 aromatic rings. The predicted molar refractivity (Wildman–Crippen MR) is 72.4 cm³/mol. The van der Waals surface area contributed by atoms with Gasteiger partial charge in [-0.2, -0.15) is 0 Å². The van der Waals surface area contributed by atoms with Gasteiger partial charge in [0.1, 0.15) is 0 Å². The van der Waals surface area contributed by atoms with Crippen LogP contribution in [0.4, 0.5) is 0 Å². The topological polar surface area (TPSA) is 92.3 Å². The molecule has 0 aromatic heterocycles. The first kappa shape index (κ1) is 13.0. The summed E-state index contributed by atoms with van der Waals surface area (Å²) in [4.78, 5) is 45.6. The minimum absolute atomic E-state index is 0.265. The molecule has 6 nitrogen and oxygen atoms in total. The maximum Gasteiger partial charge on any atom is 0.258 e. The molecule has 2 N–H and O–H groups in total. The van der Waals surface area contributed by atoms with Gasteiger partial charge in [-0.05, 0) is 23.1 Å². The smallest absolute Gasteiger partial charge is 0.258 e. The average molecular weight is 282 g/mol. The van der Waals surface area contributed by atoms with Crippen molar-refractivity contribution in [2.75, 3.05) is 0 Å². The van der Waals surface area contributed by atoms with Gasteiger partial charge in [0.15, 0.2) is 0 Å². The lowest BCUT2D eigenvalue weighted by molar-refractivity contribution is -0.125. The second kappa shape index (κ2) is 4.52. The average Bonchev–Trinajstić information content (AvgIpc) is 2.91. The molecule has 0 radical (unpaired) electrons. The first-order valence-corrected chi connectivity index (χ1v) is 6.19. The van der Waals surface area contributed by atoms with Crippen LogP contribution >= 0.6 is 0 Å². The van der Waals surface area contributed by atoms with E-state index in [1.807, 2.05) is 0 Å². The molecule has 0 saturated carbocycles. The highest BCUT2D eigenvalue weighted by Crippen LogP contribution is 2.33. The molecule has 0 bridgehead atoms. The number of carbonyl (C=O) groups excluding carboxylic acids is 4. The van der Waals surface area contributed by atoms with Crippen molar-refractivity contribution in [1.29, 1.82) is 0 Å². The molecule has 0 atom stereocenters. The third-order valence-electron chi connectivity index (χ3n) is 3.39. The van der Waals surface area contributed by atoms with E-state index in [1.54, 1.807) is 12.2 Å². The van der Waals surface area contributed by atoms with Gasteiger partial charge < -0.3 is 0 Å². The van der Waals surface area contributed by atoms with Crippen LogP contribution < -0.4 is 10.6 Å². The quantitative estimate of drug-likeness (QED) is 0.695. The molecule has 2 heterocycles. The van der Waals surface area contributed by atoms with Crippen molar-refractivity contribution in [3.05, 3.63) is 58.7 Å². The van der Waals surface area contributed by atoms with Crippen molar-refractivity contribution in [1.82, 2.24) is 10.6 Å². The van der Waals surface area contributed by atoms with E-state index in [2.05, 4.69) is 17.2 Å². The summed E-state index contributed by atoms with van der Waals surface area (Å²) >= 11 is 0. The molecule has 21 heavy (non-hydrogen) atoms. The maximum atomic E-state index is 11.6. The van der Waals surface area contributed by atoms with Gasteiger partial charge >= 0.3 is 0 Å². The van der Waals surface area contributed by atoms with Gasteiger partial charge in [0.05, 0.1) is 5.57 Å². The molecule has 3 aliphatic rings. The van der Waals surface area contributed by atoms with Gasteiger partial charge in [-0.1, -0.05) is 18.7 Å². The number of rotatable bonds is 2. The summed E-state index contributed by atoms with van der Waals surface area (Å²) in [6.07, 6.45) is 6.08. The van der Waals surface area contributed by atoms with E-state index in [0.717, 1.165) is 0 Å². The van der Waals surface area contributed by atoms with Crippen LogP contribution in [0.2, 0.25) is 0 Å². The molecular weight excluding hydrogens is 272 g/mol. The number of imide groups is 2. The molecule has 0 aromatic carbocycles. The van der Waals surface area contributed by atoms with Gasteiger partial charge in [0.25, 0.3) is 23.6 Å². The van der Waals surface area contributed by atoms with E-state index in [0.29, 0.717) is 28.7 Å². The van der Waals surface area contributed by atoms with Gasteiger partial charge in [0.2, 0.25) is 0 Å². The Hall–Kier alpha value is -3.02. The largest absolute Gasteiger partial charge is 0.289 e. The molecule has 3 rings (SSSR count). The second-order valence-corrected chi connectivity index (χ2v) is 4.81. The lowest BCUT2D eigenvalue weighted by Crippen LogP contribution is -2.23. The molecule has 104 valence electrons. The minimum atomic E-state index is -0.461. The zero-order valence-corrected chi connectivity index (χ0v) is 10.9. The fourth-order valence-corrected chi connectivity index (χ4v) is 2.41. The van der Waals surface area contributed by atoms with E-state index < -0.39 is 23.6 Å². The molecule has 0 spiro atoms. The number of hydrogen-bond acceptors (Lipinski definition) is 4. The molecular formula is C15H10N2O4. The van der Waals surface area contributed by atoms with Crippen LogP contribution in [0, 0.1) is 0 Å². The van der Waals surface area contributed by atoms with Crippen molar-refractivity contribution in [3.8, 4) is 0 Å². The van der Waals surface area contributed by atoms with Crippen LogP contribution in [0.15, 0.2) is 58.7 Å². The first-order valence-electron chi connectivity index (χ1n) is 6.19. The molecule has 2 aliphatic heterocycles. The summed E-state index contributed by atoms with van der Waals surface area (Å²) in [5.74, 6) is -1.80. The van der Waals surface area contributed by atoms with Crippen molar-refractivity contribution >= 4 is 23.6 Å². The Morgan fingerprint density at radius 2 is 1.38 bits per heavy atom. The zero-order valence-electron chi connectivity index (χ0n) is 10.9. The Balaban J connectivity index is 1.96. The number of carbonyl (C=O) groups is 4. The highest BCUT2D eigenvalue weighted by Gasteiger charge is 2.29. The SMILES string of the molecule is C=C1CC(C2=CC(=O)NC2=O)=CC=C1C1=CC(=O)NC1=O. The Morgan fingerprint density at radius 1 is 0.810 bits per heavy atom. The zero-order chi connectivity index (χ0) is 15.1. The standard InChI is InChI=1S/C15H10N2O4/c1-7-4-8(10-5-12(18)16-14(10)20)2-3-9(7)11-6-13(19)17-15(11)21/h2-3,5-6H,1,4H2,(H,16,18,20)(H,17,19,21). The van der Waals surface area contributed by atoms with Crippen molar-refractivity contribution < 1.29 is 19.2 Å². The van der Waals surface area contributed by atoms with Crippen LogP contribution in [0.5, 0.6) is 0 Å². The minimum Gasteiger partial charge on any atom is -0.289 e. The Labute approximate surface area is 119 Å². The Morgan fingerprint density at radius 3 is 1.86 bits per heavy atom. The van der Waals surface area contributed by atoms with Gasteiger partial charge in [-0.15, -0.1) is 0 Å². The fraction of sp³-hybridized carbons (Fsp3) is 0.0667. The molecule has 6 heteroatoms. The van der Waals surface area contributed by atoms with Crippen molar-refractivity contribution in [2.24, 2.45) is 0 Å². The molecule has 4 amide bonds.